The summed E-state index contributed by atoms with van der Waals surface area (Å²) in [5, 5.41) is 86.5. The van der Waals surface area contributed by atoms with Gasteiger partial charge in [-0.2, -0.15) is 0 Å². The number of amides is 8. The molecule has 79 heavy (non-hydrogen) atoms. The maximum absolute atomic E-state index is 14.1. The number of hydrogen-bond donors (Lipinski definition) is 15. The number of carbonyl (C=O) groups is 11. The van der Waals surface area contributed by atoms with Gasteiger partial charge < -0.3 is 93.7 Å². The number of cyclic esters (lactones) is 1. The van der Waals surface area contributed by atoms with Crippen LogP contribution in [0.1, 0.15) is 124 Å². The predicted molar refractivity (Wildman–Crippen MR) is 275 cm³/mol. The Morgan fingerprint density at radius 2 is 1.24 bits per heavy atom. The molecule has 0 aliphatic carbocycles. The summed E-state index contributed by atoms with van der Waals surface area (Å²) in [4.78, 5) is 155. The molecule has 0 radical (unpaired) electrons. The van der Waals surface area contributed by atoms with Gasteiger partial charge in [0.05, 0.1) is 25.2 Å². The highest BCUT2D eigenvalue weighted by Crippen LogP contribution is 2.23. The van der Waals surface area contributed by atoms with Crippen molar-refractivity contribution < 1.29 is 93.2 Å². The maximum Gasteiger partial charge on any atom is 0.335 e. The van der Waals surface area contributed by atoms with Crippen LogP contribution in [0.15, 0.2) is 4.99 Å². The molecule has 30 nitrogen and oxygen atoms in total. The number of unbranched alkanes of at least 4 members (excludes halogenated alkanes) is 6. The second kappa shape index (κ2) is 32.3. The van der Waals surface area contributed by atoms with Crippen LogP contribution in [0.2, 0.25) is 0 Å². The molecule has 3 heterocycles. The van der Waals surface area contributed by atoms with E-state index in [0.29, 0.717) is 23.7 Å². The molecule has 446 valence electrons. The van der Waals surface area contributed by atoms with Crippen molar-refractivity contribution in [2.24, 2.45) is 22.4 Å². The number of rotatable bonds is 20. The molecule has 3 saturated heterocycles. The fourth-order valence-corrected chi connectivity index (χ4v) is 9.37. The van der Waals surface area contributed by atoms with Gasteiger partial charge in [0.15, 0.2) is 24.2 Å². The van der Waals surface area contributed by atoms with Crippen LogP contribution in [-0.4, -0.2) is 222 Å². The van der Waals surface area contributed by atoms with E-state index in [-0.39, 0.29) is 57.6 Å². The lowest BCUT2D eigenvalue weighted by Gasteiger charge is -2.32. The predicted octanol–water partition coefficient (Wildman–Crippen LogP) is -5.33. The number of nitrogens with one attached hydrogen (secondary N) is 6. The quantitative estimate of drug-likeness (QED) is 0.0234. The Hall–Kier alpha value is -6.76. The summed E-state index contributed by atoms with van der Waals surface area (Å²) < 4.78 is 5.60. The summed E-state index contributed by atoms with van der Waals surface area (Å²) in [6.45, 7) is 4.75. The molecule has 0 saturated carbocycles. The zero-order chi connectivity index (χ0) is 59.3. The van der Waals surface area contributed by atoms with Crippen LogP contribution in [0.5, 0.6) is 0 Å². The first-order chi connectivity index (χ1) is 37.2. The van der Waals surface area contributed by atoms with Gasteiger partial charge in [-0.25, -0.2) is 14.4 Å². The van der Waals surface area contributed by atoms with Crippen molar-refractivity contribution in [3.63, 3.8) is 0 Å². The zero-order valence-electron chi connectivity index (χ0n) is 45.0. The molecule has 0 spiro atoms. The van der Waals surface area contributed by atoms with Gasteiger partial charge in [0.25, 0.3) is 0 Å². The third-order valence-electron chi connectivity index (χ3n) is 13.7. The normalized spacial score (nSPS) is 27.8. The number of carboxylic acid groups (broad SMARTS) is 2. The first-order valence-electron chi connectivity index (χ1n) is 26.7. The van der Waals surface area contributed by atoms with Gasteiger partial charge in [-0.05, 0) is 64.7 Å². The third-order valence-corrected chi connectivity index (χ3v) is 13.7. The summed E-state index contributed by atoms with van der Waals surface area (Å²) in [7, 11) is 0. The maximum atomic E-state index is 14.1. The van der Waals surface area contributed by atoms with Crippen LogP contribution in [-0.2, 0) is 57.5 Å². The third kappa shape index (κ3) is 20.4. The molecule has 3 rings (SSSR count). The Balaban J connectivity index is 2.11. The van der Waals surface area contributed by atoms with Crippen molar-refractivity contribution in [3.05, 3.63) is 0 Å². The molecule has 17 N–H and O–H groups in total. The number of nitrogens with zero attached hydrogens (tertiary/aromatic N) is 3. The zero-order valence-corrected chi connectivity index (χ0v) is 45.0. The highest BCUT2D eigenvalue weighted by Gasteiger charge is 2.47. The Kier molecular flexibility index (Phi) is 27.2. The monoisotopic (exact) mass is 1130 g/mol. The summed E-state index contributed by atoms with van der Waals surface area (Å²) >= 11 is 0. The lowest BCUT2D eigenvalue weighted by Crippen LogP contribution is -2.64. The van der Waals surface area contributed by atoms with Gasteiger partial charge in [0.2, 0.25) is 47.3 Å². The van der Waals surface area contributed by atoms with E-state index in [0.717, 1.165) is 50.3 Å². The number of fused-ring (bicyclic) bond motifs is 2. The topological polar surface area (TPSA) is 482 Å². The van der Waals surface area contributed by atoms with Crippen molar-refractivity contribution in [1.29, 1.82) is 0 Å². The highest BCUT2D eigenvalue weighted by atomic mass is 16.5. The summed E-state index contributed by atoms with van der Waals surface area (Å²) in [5.41, 5.74) is 10.8. The van der Waals surface area contributed by atoms with E-state index in [1.165, 1.54) is 6.92 Å². The molecule has 13 atom stereocenters. The Morgan fingerprint density at radius 1 is 0.658 bits per heavy atom. The van der Waals surface area contributed by atoms with Gasteiger partial charge in [0, 0.05) is 19.6 Å². The van der Waals surface area contributed by atoms with Crippen LogP contribution in [0.25, 0.3) is 0 Å². The van der Waals surface area contributed by atoms with Crippen LogP contribution < -0.4 is 43.4 Å². The fraction of sp³-hybridized carbons (Fsp3) is 0.755. The van der Waals surface area contributed by atoms with Crippen LogP contribution in [0, 0.1) is 5.92 Å². The van der Waals surface area contributed by atoms with Crippen molar-refractivity contribution in [3.8, 4) is 0 Å². The minimum absolute atomic E-state index is 0.0308. The van der Waals surface area contributed by atoms with Crippen molar-refractivity contribution in [2.45, 2.75) is 203 Å². The average Bonchev–Trinajstić information content (AvgIpc) is 4.05. The molecule has 0 aromatic carbocycles. The van der Waals surface area contributed by atoms with E-state index in [1.807, 2.05) is 16.0 Å². The van der Waals surface area contributed by atoms with Crippen LogP contribution in [0.4, 0.5) is 0 Å². The summed E-state index contributed by atoms with van der Waals surface area (Å²) in [6.07, 6.45) is -4.92. The average molecular weight is 1130 g/mol. The number of hydrogen-bond acceptors (Lipinski definition) is 18. The molecule has 13 unspecified atom stereocenters. The smallest absolute Gasteiger partial charge is 0.335 e. The van der Waals surface area contributed by atoms with Crippen LogP contribution >= 0.6 is 0 Å². The molecule has 0 bridgehead atoms. The van der Waals surface area contributed by atoms with Gasteiger partial charge in [-0.1, -0.05) is 58.8 Å². The second-order valence-electron chi connectivity index (χ2n) is 20.5. The van der Waals surface area contributed by atoms with Gasteiger partial charge in [0.1, 0.15) is 48.4 Å². The lowest BCUT2D eigenvalue weighted by molar-refractivity contribution is -0.165. The number of aliphatic imine (C=N–C) groups is 1. The molecule has 0 aromatic rings. The second-order valence-corrected chi connectivity index (χ2v) is 20.5. The summed E-state index contributed by atoms with van der Waals surface area (Å²) in [6, 6.07) is -15.3. The van der Waals surface area contributed by atoms with Crippen molar-refractivity contribution >= 4 is 71.1 Å². The molecule has 0 aromatic heterocycles. The minimum Gasteiger partial charge on any atom is -0.479 e. The number of aliphatic hydroxyl groups excluding tert-OH is 5. The number of ether oxygens (including phenoxy) is 1. The van der Waals surface area contributed by atoms with E-state index in [9.17, 15) is 88.5 Å². The number of guanidine groups is 1. The van der Waals surface area contributed by atoms with Crippen molar-refractivity contribution in [1.82, 2.24) is 41.7 Å². The standard InChI is InChI=1S/C49H81N11O19/c1-24(2)14-10-8-6-5-7-9-11-15-27-22-32(64)56-33(26(4)62)41(69)53-25(3)44(72)59-20-13-17-30(59)40(68)54-28(16-12-19-52-49(50)51)39(67)57-34(37(65)46(74)75)42(70)55-29(23-61)45(73)60-21-18-31(63)36(60)43(71)58-35(48(78)79-27)38(66)47(76)77/h24-31,33-38,61-63,65-66H,5-23H2,1-4H3,(H,53,69)(H,54,68)(H,55,70)(H,56,64)(H,57,67)(H,58,71)(H,74,75)(H,76,77)(H4,50,51,52). The molecule has 3 fully saturated rings. The summed E-state index contributed by atoms with van der Waals surface area (Å²) in [5.74, 6) is -15.0. The number of carboxylic acids is 2. The van der Waals surface area contributed by atoms with Gasteiger partial charge in [-0.3, -0.25) is 43.3 Å². The molecular weight excluding hydrogens is 1050 g/mol. The first-order valence-corrected chi connectivity index (χ1v) is 26.7. The van der Waals surface area contributed by atoms with E-state index >= 15 is 0 Å². The number of aliphatic carboxylic acids is 2. The van der Waals surface area contributed by atoms with Gasteiger partial charge in [-0.15, -0.1) is 0 Å². The Bertz CT molecular complexity index is 2180. The molecular formula is C49H81N11O19. The molecule has 30 heteroatoms. The van der Waals surface area contributed by atoms with E-state index in [4.69, 9.17) is 16.2 Å². The Morgan fingerprint density at radius 3 is 1.84 bits per heavy atom. The van der Waals surface area contributed by atoms with Crippen LogP contribution in [0.3, 0.4) is 0 Å². The molecule has 3 aliphatic heterocycles. The molecule has 8 amide bonds. The van der Waals surface area contributed by atoms with E-state index in [1.54, 1.807) is 0 Å². The number of nitrogens with two attached hydrogens (primary N) is 2. The first kappa shape index (κ1) is 66.5. The van der Waals surface area contributed by atoms with Gasteiger partial charge >= 0.3 is 17.9 Å². The number of carbonyl (C=O) groups excluding carboxylic acids is 9. The Labute approximate surface area is 456 Å². The number of esters is 1. The van der Waals surface area contributed by atoms with Crippen molar-refractivity contribution in [2.75, 3.05) is 26.2 Å². The van der Waals surface area contributed by atoms with E-state index < -0.39 is 164 Å². The SMILES string of the molecule is CC(C)CCCCCCCCCC1CC(=O)NC(C(C)O)C(=O)NC(C)C(=O)N2CCCC2C(=O)NC(CCCN=C(N)N)C(=O)NC(C(O)C(=O)O)C(=O)NC(CO)C(=O)N2CCC(O)C2C(=O)NC(C(O)C(=O)O)C(=O)O1. The lowest BCUT2D eigenvalue weighted by atomic mass is 10.0. The van der Waals surface area contributed by atoms with E-state index in [2.05, 4.69) is 34.8 Å². The minimum atomic E-state index is -2.77. The highest BCUT2D eigenvalue weighted by molar-refractivity contribution is 6.00. The molecule has 3 aliphatic rings. The fourth-order valence-electron chi connectivity index (χ4n) is 9.37. The largest absolute Gasteiger partial charge is 0.479 e. The number of aliphatic hydroxyl groups is 5.